The molecule has 2 amide bonds. The number of nitrogens with zero attached hydrogens (tertiary/aromatic N) is 2. The van der Waals surface area contributed by atoms with Crippen molar-refractivity contribution >= 4 is 11.8 Å². The fourth-order valence-corrected chi connectivity index (χ4v) is 4.30. The Labute approximate surface area is 177 Å². The van der Waals surface area contributed by atoms with Crippen molar-refractivity contribution in [3.05, 3.63) is 23.8 Å². The molecule has 2 aliphatic rings. The van der Waals surface area contributed by atoms with Gasteiger partial charge in [0, 0.05) is 44.6 Å². The maximum atomic E-state index is 12.9. The number of rotatable bonds is 6. The van der Waals surface area contributed by atoms with Gasteiger partial charge in [-0.15, -0.1) is 0 Å². The summed E-state index contributed by atoms with van der Waals surface area (Å²) in [5, 5.41) is 10.3. The van der Waals surface area contributed by atoms with E-state index >= 15 is 0 Å². The Balaban J connectivity index is 2.01. The van der Waals surface area contributed by atoms with Crippen LogP contribution in [0.1, 0.15) is 38.8 Å². The first-order chi connectivity index (χ1) is 14.2. The molecule has 30 heavy (non-hydrogen) atoms. The lowest BCUT2D eigenvalue weighted by Crippen LogP contribution is -2.53. The molecule has 1 saturated heterocycles. The van der Waals surface area contributed by atoms with Crippen molar-refractivity contribution in [3.8, 4) is 11.5 Å². The Hall–Kier alpha value is -2.32. The van der Waals surface area contributed by atoms with Crippen molar-refractivity contribution in [1.82, 2.24) is 9.80 Å². The summed E-state index contributed by atoms with van der Waals surface area (Å²) in [6.45, 7) is 6.99. The zero-order valence-electron chi connectivity index (χ0n) is 18.2. The molecule has 0 saturated carbocycles. The van der Waals surface area contributed by atoms with E-state index in [1.807, 2.05) is 25.1 Å². The third-order valence-corrected chi connectivity index (χ3v) is 5.39. The zero-order valence-corrected chi connectivity index (χ0v) is 18.2. The quantitative estimate of drug-likeness (QED) is 0.752. The first-order valence-electron chi connectivity index (χ1n) is 10.4. The molecule has 2 aliphatic heterocycles. The van der Waals surface area contributed by atoms with Crippen LogP contribution in [0.5, 0.6) is 11.5 Å². The van der Waals surface area contributed by atoms with Crippen LogP contribution in [0.2, 0.25) is 0 Å². The Morgan fingerprint density at radius 1 is 1.37 bits per heavy atom. The maximum absolute atomic E-state index is 12.9. The highest BCUT2D eigenvalue weighted by molar-refractivity contribution is 5.81. The first-order valence-corrected chi connectivity index (χ1v) is 10.4. The van der Waals surface area contributed by atoms with Crippen molar-refractivity contribution in [3.63, 3.8) is 0 Å². The van der Waals surface area contributed by atoms with E-state index in [0.29, 0.717) is 31.3 Å². The SMILES string of the molecule is CCOc1cccc2c1OC[C@@H]1CN(CC(C)(C)O)C(=O)CCN(C(=O)COC)[C@H]21. The third-order valence-electron chi connectivity index (χ3n) is 5.39. The lowest BCUT2D eigenvalue weighted by Gasteiger charge is -2.45. The molecule has 0 radical (unpaired) electrons. The highest BCUT2D eigenvalue weighted by atomic mass is 16.5. The lowest BCUT2D eigenvalue weighted by molar-refractivity contribution is -0.146. The molecule has 0 spiro atoms. The summed E-state index contributed by atoms with van der Waals surface area (Å²) in [6.07, 6.45) is 0.191. The number of fused-ring (bicyclic) bond motifs is 3. The molecule has 2 heterocycles. The molecule has 0 aliphatic carbocycles. The van der Waals surface area contributed by atoms with E-state index < -0.39 is 5.60 Å². The summed E-state index contributed by atoms with van der Waals surface area (Å²) < 4.78 is 16.9. The van der Waals surface area contributed by atoms with Gasteiger partial charge in [0.15, 0.2) is 11.5 Å². The van der Waals surface area contributed by atoms with Gasteiger partial charge in [-0.3, -0.25) is 9.59 Å². The smallest absolute Gasteiger partial charge is 0.249 e. The molecule has 1 N–H and O–H groups in total. The number of amides is 2. The molecule has 8 heteroatoms. The molecule has 166 valence electrons. The molecule has 1 aromatic carbocycles. The number of para-hydroxylation sites is 1. The third kappa shape index (κ3) is 4.87. The van der Waals surface area contributed by atoms with Gasteiger partial charge in [-0.25, -0.2) is 0 Å². The van der Waals surface area contributed by atoms with E-state index in [1.165, 1.54) is 7.11 Å². The molecule has 3 rings (SSSR count). The van der Waals surface area contributed by atoms with Crippen LogP contribution in [0.25, 0.3) is 0 Å². The molecule has 1 aromatic rings. The highest BCUT2D eigenvalue weighted by Crippen LogP contribution is 2.45. The van der Waals surface area contributed by atoms with Crippen LogP contribution < -0.4 is 9.47 Å². The van der Waals surface area contributed by atoms with Gasteiger partial charge < -0.3 is 29.1 Å². The van der Waals surface area contributed by atoms with Gasteiger partial charge in [0.1, 0.15) is 6.61 Å². The van der Waals surface area contributed by atoms with E-state index in [9.17, 15) is 14.7 Å². The number of hydrogen-bond acceptors (Lipinski definition) is 6. The predicted molar refractivity (Wildman–Crippen MR) is 110 cm³/mol. The Morgan fingerprint density at radius 2 is 2.13 bits per heavy atom. The second kappa shape index (κ2) is 9.22. The average Bonchev–Trinajstić information content (AvgIpc) is 2.67. The van der Waals surface area contributed by atoms with Crippen LogP contribution in [-0.4, -0.2) is 78.9 Å². The lowest BCUT2D eigenvalue weighted by atomic mass is 9.87. The molecule has 0 aromatic heterocycles. The Bertz CT molecular complexity index is 775. The van der Waals surface area contributed by atoms with Crippen LogP contribution in [0.15, 0.2) is 18.2 Å². The van der Waals surface area contributed by atoms with Crippen molar-refractivity contribution in [2.45, 2.75) is 38.8 Å². The van der Waals surface area contributed by atoms with Crippen molar-refractivity contribution in [2.75, 3.05) is 46.6 Å². The average molecular weight is 421 g/mol. The Kier molecular flexibility index (Phi) is 6.88. The number of hydrogen-bond donors (Lipinski definition) is 1. The highest BCUT2D eigenvalue weighted by Gasteiger charge is 2.42. The fourth-order valence-electron chi connectivity index (χ4n) is 4.30. The minimum absolute atomic E-state index is 0.0495. The van der Waals surface area contributed by atoms with Crippen molar-refractivity contribution < 1.29 is 28.9 Å². The zero-order chi connectivity index (χ0) is 21.9. The van der Waals surface area contributed by atoms with Gasteiger partial charge in [-0.05, 0) is 26.8 Å². The van der Waals surface area contributed by atoms with E-state index in [4.69, 9.17) is 14.2 Å². The van der Waals surface area contributed by atoms with Crippen LogP contribution in [0.3, 0.4) is 0 Å². The fraction of sp³-hybridized carbons (Fsp3) is 0.636. The van der Waals surface area contributed by atoms with Crippen molar-refractivity contribution in [1.29, 1.82) is 0 Å². The molecule has 8 nitrogen and oxygen atoms in total. The minimum atomic E-state index is -1.01. The van der Waals surface area contributed by atoms with Gasteiger partial charge in [-0.2, -0.15) is 0 Å². The van der Waals surface area contributed by atoms with Gasteiger partial charge >= 0.3 is 0 Å². The number of methoxy groups -OCH3 is 1. The van der Waals surface area contributed by atoms with Gasteiger partial charge in [0.05, 0.1) is 24.9 Å². The molecule has 0 unspecified atom stereocenters. The normalized spacial score (nSPS) is 21.8. The van der Waals surface area contributed by atoms with E-state index in [0.717, 1.165) is 5.56 Å². The first kappa shape index (κ1) is 22.4. The Morgan fingerprint density at radius 3 is 2.80 bits per heavy atom. The number of aliphatic hydroxyl groups is 1. The molecule has 2 atom stereocenters. The van der Waals surface area contributed by atoms with E-state index in [-0.39, 0.29) is 49.9 Å². The molecular weight excluding hydrogens is 388 g/mol. The standard InChI is InChI=1S/C22H32N2O6/c1-5-29-17-8-6-7-16-20-15(12-30-21(16)17)11-23(14-22(2,3)27)18(25)9-10-24(20)19(26)13-28-4/h6-8,15,20,27H,5,9-14H2,1-4H3/t15-,20-/m0/s1. The summed E-state index contributed by atoms with van der Waals surface area (Å²) in [5.41, 5.74) is -0.134. The van der Waals surface area contributed by atoms with Gasteiger partial charge in [-0.1, -0.05) is 12.1 Å². The van der Waals surface area contributed by atoms with Crippen LogP contribution in [0.4, 0.5) is 0 Å². The molecule has 1 fully saturated rings. The number of carbonyl (C=O) groups excluding carboxylic acids is 2. The van der Waals surface area contributed by atoms with Gasteiger partial charge in [0.2, 0.25) is 11.8 Å². The summed E-state index contributed by atoms with van der Waals surface area (Å²) in [6, 6.07) is 5.43. The summed E-state index contributed by atoms with van der Waals surface area (Å²) >= 11 is 0. The van der Waals surface area contributed by atoms with Crippen LogP contribution >= 0.6 is 0 Å². The van der Waals surface area contributed by atoms with Crippen LogP contribution in [-0.2, 0) is 14.3 Å². The summed E-state index contributed by atoms with van der Waals surface area (Å²) in [7, 11) is 1.49. The number of ether oxygens (including phenoxy) is 3. The van der Waals surface area contributed by atoms with Crippen LogP contribution in [0, 0.1) is 5.92 Å². The number of benzene rings is 1. The number of β-amino-alcohol motifs (C(OH)–C–C–N with tert-alkyl or cyclic N) is 1. The molecule has 0 bridgehead atoms. The molecular formula is C22H32N2O6. The topological polar surface area (TPSA) is 88.5 Å². The second-order valence-corrected chi connectivity index (χ2v) is 8.48. The number of carbonyl (C=O) groups is 2. The predicted octanol–water partition coefficient (Wildman–Crippen LogP) is 1.61. The second-order valence-electron chi connectivity index (χ2n) is 8.48. The van der Waals surface area contributed by atoms with E-state index in [1.54, 1.807) is 23.6 Å². The monoisotopic (exact) mass is 420 g/mol. The van der Waals surface area contributed by atoms with E-state index in [2.05, 4.69) is 0 Å². The van der Waals surface area contributed by atoms with Crippen molar-refractivity contribution in [2.24, 2.45) is 5.92 Å². The minimum Gasteiger partial charge on any atom is -0.490 e. The summed E-state index contributed by atoms with van der Waals surface area (Å²) in [5.74, 6) is 0.920. The van der Waals surface area contributed by atoms with Gasteiger partial charge in [0.25, 0.3) is 0 Å². The summed E-state index contributed by atoms with van der Waals surface area (Å²) in [4.78, 5) is 29.2. The maximum Gasteiger partial charge on any atom is 0.249 e. The largest absolute Gasteiger partial charge is 0.490 e.